The van der Waals surface area contributed by atoms with Crippen LogP contribution in [0.3, 0.4) is 0 Å². The van der Waals surface area contributed by atoms with Crippen LogP contribution in [0, 0.1) is 0 Å². The molecule has 0 amide bonds. The molecule has 0 radical (unpaired) electrons. The number of rotatable bonds is 6. The molecule has 0 spiro atoms. The smallest absolute Gasteiger partial charge is 0.280 e. The molecular weight excluding hydrogens is 462 g/mol. The van der Waals surface area contributed by atoms with Crippen LogP contribution in [0.4, 0.5) is 0 Å². The molecule has 0 saturated heterocycles. The first-order chi connectivity index (χ1) is 15.0. The Hall–Kier alpha value is -3.52. The number of ether oxygens (including phenoxy) is 2. The molecule has 0 aliphatic heterocycles. The van der Waals surface area contributed by atoms with Gasteiger partial charge < -0.3 is 20.0 Å². The Morgan fingerprint density at radius 1 is 1.03 bits per heavy atom. The fraction of sp³-hybridized carbons (Fsp3) is 0.130. The van der Waals surface area contributed by atoms with Crippen LogP contribution in [-0.2, 0) is 6.54 Å². The molecule has 0 unspecified atom stereocenters. The molecule has 31 heavy (non-hydrogen) atoms. The van der Waals surface area contributed by atoms with Crippen molar-refractivity contribution in [2.75, 3.05) is 19.6 Å². The van der Waals surface area contributed by atoms with E-state index in [9.17, 15) is 9.90 Å². The van der Waals surface area contributed by atoms with Crippen molar-refractivity contribution in [2.24, 2.45) is 0 Å². The first kappa shape index (κ1) is 20.7. The Kier molecular flexibility index (Phi) is 5.81. The van der Waals surface area contributed by atoms with Gasteiger partial charge in [-0.25, -0.2) is 9.66 Å². The number of para-hydroxylation sites is 1. The molecule has 3 aromatic carbocycles. The molecule has 158 valence electrons. The van der Waals surface area contributed by atoms with Crippen LogP contribution in [0.2, 0.25) is 0 Å². The van der Waals surface area contributed by atoms with Crippen LogP contribution in [0.1, 0.15) is 5.56 Å². The Bertz CT molecular complexity index is 1320. The predicted octanol–water partition coefficient (Wildman–Crippen LogP) is 4.29. The first-order valence-corrected chi connectivity index (χ1v) is 10.3. The van der Waals surface area contributed by atoms with E-state index in [1.54, 1.807) is 62.8 Å². The number of phenols is 1. The number of halogens is 1. The zero-order valence-corrected chi connectivity index (χ0v) is 18.5. The van der Waals surface area contributed by atoms with Crippen LogP contribution in [0.25, 0.3) is 22.3 Å². The van der Waals surface area contributed by atoms with Gasteiger partial charge in [-0.3, -0.25) is 4.79 Å². The molecule has 0 aliphatic carbocycles. The quantitative estimate of drug-likeness (QED) is 0.427. The van der Waals surface area contributed by atoms with E-state index in [2.05, 4.69) is 21.4 Å². The van der Waals surface area contributed by atoms with E-state index in [4.69, 9.17) is 14.5 Å². The SMILES string of the molecule is COc1ccc(-c2nc3ccccc3c(=O)n2NCc2cc(Br)ccc2O)cc1OC. The number of nitrogens with zero attached hydrogens (tertiary/aromatic N) is 2. The predicted molar refractivity (Wildman–Crippen MR) is 123 cm³/mol. The molecule has 0 fully saturated rings. The minimum atomic E-state index is -0.245. The summed E-state index contributed by atoms with van der Waals surface area (Å²) < 4.78 is 13.0. The van der Waals surface area contributed by atoms with Gasteiger partial charge in [0.2, 0.25) is 0 Å². The molecule has 8 heteroatoms. The maximum atomic E-state index is 13.3. The third-order valence-electron chi connectivity index (χ3n) is 4.89. The first-order valence-electron chi connectivity index (χ1n) is 9.47. The maximum absolute atomic E-state index is 13.3. The van der Waals surface area contributed by atoms with Gasteiger partial charge in [-0.05, 0) is 48.5 Å². The second kappa shape index (κ2) is 8.69. The van der Waals surface area contributed by atoms with E-state index in [-0.39, 0.29) is 17.9 Å². The average molecular weight is 482 g/mol. The lowest BCUT2D eigenvalue weighted by atomic mass is 10.1. The van der Waals surface area contributed by atoms with Crippen molar-refractivity contribution in [3.8, 4) is 28.6 Å². The number of fused-ring (bicyclic) bond motifs is 1. The van der Waals surface area contributed by atoms with Gasteiger partial charge in [0.25, 0.3) is 5.56 Å². The third kappa shape index (κ3) is 4.06. The van der Waals surface area contributed by atoms with Crippen molar-refractivity contribution in [2.45, 2.75) is 6.54 Å². The third-order valence-corrected chi connectivity index (χ3v) is 5.38. The molecule has 7 nitrogen and oxygen atoms in total. The summed E-state index contributed by atoms with van der Waals surface area (Å²) >= 11 is 3.40. The molecular formula is C23H20BrN3O4. The summed E-state index contributed by atoms with van der Waals surface area (Å²) in [5.74, 6) is 1.65. The van der Waals surface area contributed by atoms with Gasteiger partial charge in [0, 0.05) is 15.6 Å². The van der Waals surface area contributed by atoms with Crippen LogP contribution in [0.15, 0.2) is 69.9 Å². The van der Waals surface area contributed by atoms with Crippen molar-refractivity contribution in [1.29, 1.82) is 0 Å². The number of phenolic OH excluding ortho intramolecular Hbond substituents is 1. The van der Waals surface area contributed by atoms with Crippen molar-refractivity contribution in [1.82, 2.24) is 9.66 Å². The number of aromatic hydroxyl groups is 1. The summed E-state index contributed by atoms with van der Waals surface area (Å²) in [4.78, 5) is 18.0. The number of hydrogen-bond acceptors (Lipinski definition) is 6. The van der Waals surface area contributed by atoms with Crippen molar-refractivity contribution < 1.29 is 14.6 Å². The number of benzene rings is 3. The van der Waals surface area contributed by atoms with Crippen molar-refractivity contribution in [3.05, 3.63) is 81.1 Å². The molecule has 1 aromatic heterocycles. The number of hydrogen-bond donors (Lipinski definition) is 2. The minimum Gasteiger partial charge on any atom is -0.508 e. The second-order valence-corrected chi connectivity index (χ2v) is 7.69. The highest BCUT2D eigenvalue weighted by Crippen LogP contribution is 2.31. The van der Waals surface area contributed by atoms with E-state index >= 15 is 0 Å². The second-order valence-electron chi connectivity index (χ2n) is 6.77. The van der Waals surface area contributed by atoms with Crippen LogP contribution < -0.4 is 20.5 Å². The molecule has 4 rings (SSSR count). The fourth-order valence-corrected chi connectivity index (χ4v) is 3.72. The van der Waals surface area contributed by atoms with Gasteiger partial charge in [-0.15, -0.1) is 0 Å². The van der Waals surface area contributed by atoms with E-state index in [1.807, 2.05) is 12.1 Å². The maximum Gasteiger partial charge on any atom is 0.280 e. The summed E-state index contributed by atoms with van der Waals surface area (Å²) in [6.07, 6.45) is 0. The number of methoxy groups -OCH3 is 2. The number of nitrogens with one attached hydrogen (secondary N) is 1. The van der Waals surface area contributed by atoms with Gasteiger partial charge in [0.15, 0.2) is 17.3 Å². The van der Waals surface area contributed by atoms with Crippen LogP contribution in [-0.4, -0.2) is 29.0 Å². The molecule has 1 heterocycles. The highest BCUT2D eigenvalue weighted by Gasteiger charge is 2.15. The van der Waals surface area contributed by atoms with Crippen molar-refractivity contribution >= 4 is 26.8 Å². The normalized spacial score (nSPS) is 10.8. The average Bonchev–Trinajstić information content (AvgIpc) is 2.80. The number of aromatic nitrogens is 2. The molecule has 2 N–H and O–H groups in total. The summed E-state index contributed by atoms with van der Waals surface area (Å²) in [7, 11) is 3.12. The lowest BCUT2D eigenvalue weighted by Crippen LogP contribution is -2.31. The minimum absolute atomic E-state index is 0.130. The Morgan fingerprint density at radius 3 is 2.58 bits per heavy atom. The zero-order chi connectivity index (χ0) is 22.0. The molecule has 4 aromatic rings. The standard InChI is InChI=1S/C23H20BrN3O4/c1-30-20-10-7-14(12-21(20)31-2)22-26-18-6-4-3-5-17(18)23(29)27(22)25-13-15-11-16(24)8-9-19(15)28/h3-12,25,28H,13H2,1-2H3. The van der Waals surface area contributed by atoms with Gasteiger partial charge in [0.05, 0.1) is 31.7 Å². The fourth-order valence-electron chi connectivity index (χ4n) is 3.31. The van der Waals surface area contributed by atoms with Gasteiger partial charge in [0.1, 0.15) is 5.75 Å². The lowest BCUT2D eigenvalue weighted by molar-refractivity contribution is 0.355. The van der Waals surface area contributed by atoms with E-state index in [0.717, 1.165) is 4.47 Å². The monoisotopic (exact) mass is 481 g/mol. The molecule has 0 saturated carbocycles. The Balaban J connectivity index is 1.86. The summed E-state index contributed by atoms with van der Waals surface area (Å²) in [6.45, 7) is 0.214. The van der Waals surface area contributed by atoms with E-state index < -0.39 is 0 Å². The summed E-state index contributed by atoms with van der Waals surface area (Å²) in [5.41, 5.74) is 4.75. The summed E-state index contributed by atoms with van der Waals surface area (Å²) in [6, 6.07) is 17.6. The van der Waals surface area contributed by atoms with Gasteiger partial charge in [-0.1, -0.05) is 28.1 Å². The van der Waals surface area contributed by atoms with Gasteiger partial charge in [-0.2, -0.15) is 0 Å². The molecule has 0 aliphatic rings. The zero-order valence-electron chi connectivity index (χ0n) is 16.9. The van der Waals surface area contributed by atoms with Crippen LogP contribution in [0.5, 0.6) is 17.2 Å². The summed E-state index contributed by atoms with van der Waals surface area (Å²) in [5, 5.41) is 10.7. The van der Waals surface area contributed by atoms with E-state index in [0.29, 0.717) is 39.4 Å². The van der Waals surface area contributed by atoms with Crippen molar-refractivity contribution in [3.63, 3.8) is 0 Å². The highest BCUT2D eigenvalue weighted by atomic mass is 79.9. The van der Waals surface area contributed by atoms with Gasteiger partial charge >= 0.3 is 0 Å². The Labute approximate surface area is 187 Å². The lowest BCUT2D eigenvalue weighted by Gasteiger charge is -2.17. The van der Waals surface area contributed by atoms with Crippen LogP contribution >= 0.6 is 15.9 Å². The topological polar surface area (TPSA) is 85.6 Å². The highest BCUT2D eigenvalue weighted by molar-refractivity contribution is 9.10. The molecule has 0 atom stereocenters. The molecule has 0 bridgehead atoms. The largest absolute Gasteiger partial charge is 0.508 e. The Morgan fingerprint density at radius 2 is 1.81 bits per heavy atom. The van der Waals surface area contributed by atoms with E-state index in [1.165, 1.54) is 4.68 Å².